The van der Waals surface area contributed by atoms with Crippen molar-refractivity contribution in [1.29, 1.82) is 0 Å². The first-order valence-corrected chi connectivity index (χ1v) is 7.81. The first kappa shape index (κ1) is 14.7. The first-order valence-electron chi connectivity index (χ1n) is 5.03. The van der Waals surface area contributed by atoms with Gasteiger partial charge in [-0.3, -0.25) is 0 Å². The van der Waals surface area contributed by atoms with Crippen molar-refractivity contribution in [2.75, 3.05) is 0 Å². The van der Waals surface area contributed by atoms with E-state index in [1.807, 2.05) is 24.3 Å². The molecule has 0 radical (unpaired) electrons. The lowest BCUT2D eigenvalue weighted by Gasteiger charge is -2.14. The average Bonchev–Trinajstić information content (AvgIpc) is 2.31. The number of halogens is 5. The smallest absolute Gasteiger partial charge is 0.0861 e. The Morgan fingerprint density at radius 3 is 2.28 bits per heavy atom. The molecule has 0 saturated heterocycles. The summed E-state index contributed by atoms with van der Waals surface area (Å²) in [6.45, 7) is 0. The predicted molar refractivity (Wildman–Crippen MR) is 86.0 cm³/mol. The zero-order valence-corrected chi connectivity index (χ0v) is 14.4. The normalized spacial score (nSPS) is 12.5. The molecular weight excluding hydrogens is 422 g/mol. The highest BCUT2D eigenvalue weighted by Crippen LogP contribution is 2.39. The summed E-state index contributed by atoms with van der Waals surface area (Å²) >= 11 is 25.5. The van der Waals surface area contributed by atoms with E-state index in [-0.39, 0.29) is 5.38 Å². The lowest BCUT2D eigenvalue weighted by molar-refractivity contribution is 1.13. The molecular formula is C13H7Br2Cl3. The second kappa shape index (κ2) is 6.15. The highest BCUT2D eigenvalue weighted by Gasteiger charge is 2.17. The van der Waals surface area contributed by atoms with Crippen molar-refractivity contribution in [3.63, 3.8) is 0 Å². The number of hydrogen-bond acceptors (Lipinski definition) is 0. The molecule has 0 heterocycles. The summed E-state index contributed by atoms with van der Waals surface area (Å²) in [5.41, 5.74) is 1.79. The quantitative estimate of drug-likeness (QED) is 0.458. The standard InChI is InChI=1S/C13H7Br2Cl3/c14-7-1-4-11(15)10(5-7)13(18)9-3-2-8(16)6-12(9)17/h1-6,13H. The summed E-state index contributed by atoms with van der Waals surface area (Å²) < 4.78 is 1.91. The molecule has 1 atom stereocenters. The van der Waals surface area contributed by atoms with Crippen molar-refractivity contribution in [1.82, 2.24) is 0 Å². The molecule has 5 heteroatoms. The van der Waals surface area contributed by atoms with Gasteiger partial charge < -0.3 is 0 Å². The maximum atomic E-state index is 6.49. The second-order valence-corrected chi connectivity index (χ2v) is 6.74. The van der Waals surface area contributed by atoms with Crippen molar-refractivity contribution in [2.24, 2.45) is 0 Å². The van der Waals surface area contributed by atoms with Crippen molar-refractivity contribution in [3.05, 3.63) is 66.5 Å². The molecule has 2 aromatic rings. The van der Waals surface area contributed by atoms with Gasteiger partial charge in [0.1, 0.15) is 0 Å². The highest BCUT2D eigenvalue weighted by molar-refractivity contribution is 9.11. The van der Waals surface area contributed by atoms with E-state index < -0.39 is 0 Å². The third-order valence-corrected chi connectivity index (χ3v) is 4.71. The molecule has 2 rings (SSSR count). The van der Waals surface area contributed by atoms with Gasteiger partial charge in [0.2, 0.25) is 0 Å². The van der Waals surface area contributed by atoms with Gasteiger partial charge >= 0.3 is 0 Å². The van der Waals surface area contributed by atoms with E-state index in [1.54, 1.807) is 12.1 Å². The van der Waals surface area contributed by atoms with Crippen molar-refractivity contribution in [3.8, 4) is 0 Å². The van der Waals surface area contributed by atoms with E-state index in [4.69, 9.17) is 34.8 Å². The lowest BCUT2D eigenvalue weighted by Crippen LogP contribution is -1.96. The monoisotopic (exact) mass is 426 g/mol. The predicted octanol–water partition coefficient (Wildman–Crippen LogP) is 6.85. The summed E-state index contributed by atoms with van der Waals surface area (Å²) in [6.07, 6.45) is 0. The molecule has 0 fully saturated rings. The zero-order chi connectivity index (χ0) is 13.3. The number of hydrogen-bond donors (Lipinski definition) is 0. The Bertz CT molecular complexity index is 584. The summed E-state index contributed by atoms with van der Waals surface area (Å²) in [6, 6.07) is 11.2. The van der Waals surface area contributed by atoms with Crippen LogP contribution in [0.1, 0.15) is 16.5 Å². The van der Waals surface area contributed by atoms with E-state index in [9.17, 15) is 0 Å². The third kappa shape index (κ3) is 3.23. The molecule has 0 spiro atoms. The molecule has 0 aliphatic heterocycles. The van der Waals surface area contributed by atoms with Crippen LogP contribution in [-0.2, 0) is 0 Å². The molecule has 2 aromatic carbocycles. The van der Waals surface area contributed by atoms with Crippen LogP contribution in [0.15, 0.2) is 45.3 Å². The Morgan fingerprint density at radius 2 is 1.61 bits per heavy atom. The summed E-state index contributed by atoms with van der Waals surface area (Å²) in [5, 5.41) is 0.831. The maximum absolute atomic E-state index is 6.49. The minimum Gasteiger partial charge on any atom is -0.112 e. The van der Waals surface area contributed by atoms with Crippen LogP contribution >= 0.6 is 66.7 Å². The van der Waals surface area contributed by atoms with Gasteiger partial charge in [-0.15, -0.1) is 11.6 Å². The van der Waals surface area contributed by atoms with Crippen LogP contribution < -0.4 is 0 Å². The molecule has 0 amide bonds. The van der Waals surface area contributed by atoms with Crippen LogP contribution in [0.25, 0.3) is 0 Å². The van der Waals surface area contributed by atoms with Crippen molar-refractivity contribution >= 4 is 66.7 Å². The van der Waals surface area contributed by atoms with Crippen LogP contribution in [0.4, 0.5) is 0 Å². The highest BCUT2D eigenvalue weighted by atomic mass is 79.9. The van der Waals surface area contributed by atoms with E-state index >= 15 is 0 Å². The Morgan fingerprint density at radius 1 is 0.889 bits per heavy atom. The molecule has 0 nitrogen and oxygen atoms in total. The Labute approximate surface area is 137 Å². The molecule has 18 heavy (non-hydrogen) atoms. The van der Waals surface area contributed by atoms with Gasteiger partial charge in [0.15, 0.2) is 0 Å². The van der Waals surface area contributed by atoms with E-state index in [0.29, 0.717) is 10.0 Å². The van der Waals surface area contributed by atoms with Crippen molar-refractivity contribution in [2.45, 2.75) is 5.38 Å². The minimum absolute atomic E-state index is 0.332. The SMILES string of the molecule is Clc1ccc(C(Cl)c2cc(Br)ccc2Br)c(Cl)c1. The number of benzene rings is 2. The molecule has 0 bridgehead atoms. The Hall–Kier alpha value is 0.270. The first-order chi connectivity index (χ1) is 8.49. The third-order valence-electron chi connectivity index (χ3n) is 2.47. The summed E-state index contributed by atoms with van der Waals surface area (Å²) in [4.78, 5) is 0. The van der Waals surface area contributed by atoms with E-state index in [2.05, 4.69) is 31.9 Å². The molecule has 94 valence electrons. The van der Waals surface area contributed by atoms with Crippen LogP contribution in [0.3, 0.4) is 0 Å². The van der Waals surface area contributed by atoms with Crippen LogP contribution in [0.5, 0.6) is 0 Å². The fraction of sp³-hybridized carbons (Fsp3) is 0.0769. The van der Waals surface area contributed by atoms with E-state index in [0.717, 1.165) is 20.1 Å². The number of rotatable bonds is 2. The van der Waals surface area contributed by atoms with Crippen molar-refractivity contribution < 1.29 is 0 Å². The average molecular weight is 429 g/mol. The Kier molecular flexibility index (Phi) is 5.01. The summed E-state index contributed by atoms with van der Waals surface area (Å²) in [5.74, 6) is 0. The van der Waals surface area contributed by atoms with Gasteiger partial charge in [-0.05, 0) is 41.5 Å². The van der Waals surface area contributed by atoms with Gasteiger partial charge in [-0.25, -0.2) is 0 Å². The van der Waals surface area contributed by atoms with Crippen LogP contribution in [-0.4, -0.2) is 0 Å². The molecule has 0 saturated carbocycles. The molecule has 0 N–H and O–H groups in total. The topological polar surface area (TPSA) is 0 Å². The van der Waals surface area contributed by atoms with Crippen LogP contribution in [0, 0.1) is 0 Å². The van der Waals surface area contributed by atoms with Gasteiger partial charge in [0.05, 0.1) is 5.38 Å². The molecule has 0 aromatic heterocycles. The van der Waals surface area contributed by atoms with Gasteiger partial charge in [0.25, 0.3) is 0 Å². The molecule has 0 aliphatic carbocycles. The fourth-order valence-electron chi connectivity index (χ4n) is 1.58. The minimum atomic E-state index is -0.332. The molecule has 0 aliphatic rings. The zero-order valence-electron chi connectivity index (χ0n) is 8.93. The van der Waals surface area contributed by atoms with Gasteiger partial charge in [0, 0.05) is 19.0 Å². The largest absolute Gasteiger partial charge is 0.112 e. The van der Waals surface area contributed by atoms with Crippen LogP contribution in [0.2, 0.25) is 10.0 Å². The number of alkyl halides is 1. The maximum Gasteiger partial charge on any atom is 0.0861 e. The Balaban J connectivity index is 2.47. The lowest BCUT2D eigenvalue weighted by atomic mass is 10.0. The summed E-state index contributed by atoms with van der Waals surface area (Å²) in [7, 11) is 0. The van der Waals surface area contributed by atoms with Gasteiger partial charge in [-0.2, -0.15) is 0 Å². The van der Waals surface area contributed by atoms with Gasteiger partial charge in [-0.1, -0.05) is 61.1 Å². The van der Waals surface area contributed by atoms with E-state index in [1.165, 1.54) is 0 Å². The molecule has 1 unspecified atom stereocenters. The second-order valence-electron chi connectivity index (χ2n) is 3.69. The fourth-order valence-corrected chi connectivity index (χ4v) is 3.51.